The molecule has 51 heavy (non-hydrogen) atoms. The molecule has 296 valence electrons. The van der Waals surface area contributed by atoms with E-state index in [1.165, 1.54) is 25.7 Å². The molecule has 8 atom stereocenters. The molecular weight excluding hydrogens is 683 g/mol. The topological polar surface area (TPSA) is 210 Å². The summed E-state index contributed by atoms with van der Waals surface area (Å²) in [5.41, 5.74) is 0. The fraction of sp³-hybridized carbons (Fsp3) is 0.784. The molecule has 6 N–H and O–H groups in total. The second-order valence-electron chi connectivity index (χ2n) is 13.1. The predicted octanol–water partition coefficient (Wildman–Crippen LogP) is 5.49. The van der Waals surface area contributed by atoms with Crippen molar-refractivity contribution in [3.63, 3.8) is 0 Å². The van der Waals surface area contributed by atoms with E-state index in [1.54, 1.807) is 0 Å². The lowest BCUT2D eigenvalue weighted by molar-refractivity contribution is -0.220. The van der Waals surface area contributed by atoms with Crippen molar-refractivity contribution in [3.8, 4) is 0 Å². The van der Waals surface area contributed by atoms with Crippen molar-refractivity contribution in [2.75, 3.05) is 13.2 Å². The van der Waals surface area contributed by atoms with Gasteiger partial charge in [0.1, 0.15) is 43.2 Å². The van der Waals surface area contributed by atoms with Crippen LogP contribution in [0.25, 0.3) is 0 Å². The average Bonchev–Trinajstić information content (AvgIpc) is 3.10. The van der Waals surface area contributed by atoms with E-state index in [-0.39, 0.29) is 12.8 Å². The highest BCUT2D eigenvalue weighted by atomic mass is 31.2. The zero-order valence-electron chi connectivity index (χ0n) is 30.6. The Bertz CT molecular complexity index is 1050. The predicted molar refractivity (Wildman–Crippen MR) is 193 cm³/mol. The van der Waals surface area contributed by atoms with Crippen molar-refractivity contribution in [2.45, 2.75) is 172 Å². The SMILES string of the molecule is CCCCC/C=C/C/C=C/C/C=C/CCCCC(=O)O[C@H](COC(=O)CCCCCCCCC)COP(=O)(O)OC1C(O)C(O)C(O)[C@@H](O)C1O. The summed E-state index contributed by atoms with van der Waals surface area (Å²) >= 11 is 0. The third-order valence-electron chi connectivity index (χ3n) is 8.48. The monoisotopic (exact) mass is 748 g/mol. The van der Waals surface area contributed by atoms with Crippen LogP contribution in [0.15, 0.2) is 36.5 Å². The fourth-order valence-electron chi connectivity index (χ4n) is 5.35. The molecule has 1 saturated carbocycles. The number of carbonyl (C=O) groups excluding carboxylic acids is 2. The van der Waals surface area contributed by atoms with Gasteiger partial charge in [-0.05, 0) is 51.4 Å². The number of ether oxygens (including phenoxy) is 2. The van der Waals surface area contributed by atoms with E-state index < -0.39 is 75.7 Å². The van der Waals surface area contributed by atoms with Gasteiger partial charge in [-0.3, -0.25) is 18.6 Å². The van der Waals surface area contributed by atoms with Gasteiger partial charge in [-0.15, -0.1) is 0 Å². The van der Waals surface area contributed by atoms with Crippen molar-refractivity contribution in [1.82, 2.24) is 0 Å². The summed E-state index contributed by atoms with van der Waals surface area (Å²) in [6.45, 7) is 3.13. The summed E-state index contributed by atoms with van der Waals surface area (Å²) in [7, 11) is -5.11. The second kappa shape index (κ2) is 28.6. The first-order chi connectivity index (χ1) is 24.4. The van der Waals surface area contributed by atoms with Crippen LogP contribution in [0.3, 0.4) is 0 Å². The molecule has 0 aliphatic heterocycles. The van der Waals surface area contributed by atoms with Crippen LogP contribution >= 0.6 is 7.82 Å². The Morgan fingerprint density at radius 2 is 1.06 bits per heavy atom. The van der Waals surface area contributed by atoms with Gasteiger partial charge in [0.05, 0.1) is 6.61 Å². The van der Waals surface area contributed by atoms with Gasteiger partial charge in [-0.25, -0.2) is 4.57 Å². The van der Waals surface area contributed by atoms with E-state index in [2.05, 4.69) is 50.3 Å². The number of esters is 2. The van der Waals surface area contributed by atoms with Gasteiger partial charge in [-0.1, -0.05) is 102 Å². The summed E-state index contributed by atoms with van der Waals surface area (Å²) in [5.74, 6) is -1.16. The van der Waals surface area contributed by atoms with E-state index in [0.717, 1.165) is 64.2 Å². The summed E-state index contributed by atoms with van der Waals surface area (Å²) < 4.78 is 33.2. The van der Waals surface area contributed by atoms with Crippen molar-refractivity contribution >= 4 is 19.8 Å². The maximum Gasteiger partial charge on any atom is 0.472 e. The van der Waals surface area contributed by atoms with Gasteiger partial charge in [0, 0.05) is 12.8 Å². The molecule has 6 unspecified atom stereocenters. The van der Waals surface area contributed by atoms with E-state index in [4.69, 9.17) is 18.5 Å². The molecule has 0 bridgehead atoms. The fourth-order valence-corrected chi connectivity index (χ4v) is 6.32. The van der Waals surface area contributed by atoms with E-state index in [0.29, 0.717) is 12.8 Å². The van der Waals surface area contributed by atoms with Gasteiger partial charge in [0.25, 0.3) is 0 Å². The molecule has 1 rings (SSSR count). The number of unbranched alkanes of at least 4 members (excludes halogenated alkanes) is 11. The highest BCUT2D eigenvalue weighted by Crippen LogP contribution is 2.47. The molecule has 1 aliphatic rings. The van der Waals surface area contributed by atoms with Gasteiger partial charge in [0.2, 0.25) is 0 Å². The summed E-state index contributed by atoms with van der Waals surface area (Å²) in [6, 6.07) is 0. The van der Waals surface area contributed by atoms with Crippen LogP contribution in [0.2, 0.25) is 0 Å². The number of phosphoric ester groups is 1. The molecule has 14 heteroatoms. The molecule has 1 aliphatic carbocycles. The molecule has 0 aromatic rings. The molecule has 0 amide bonds. The number of phosphoric acid groups is 1. The summed E-state index contributed by atoms with van der Waals surface area (Å²) in [6.07, 6.45) is 15.4. The quantitative estimate of drug-likeness (QED) is 0.0242. The molecule has 0 aromatic carbocycles. The van der Waals surface area contributed by atoms with Crippen LogP contribution in [-0.4, -0.2) is 98.3 Å². The molecule has 0 aromatic heterocycles. The first-order valence-corrected chi connectivity index (χ1v) is 20.3. The normalized spacial score (nSPS) is 24.3. The number of aliphatic hydroxyl groups is 5. The number of carbonyl (C=O) groups is 2. The summed E-state index contributed by atoms with van der Waals surface area (Å²) in [5, 5.41) is 49.8. The average molecular weight is 749 g/mol. The lowest BCUT2D eigenvalue weighted by Gasteiger charge is -2.41. The molecule has 0 radical (unpaired) electrons. The molecule has 13 nitrogen and oxygen atoms in total. The standard InChI is InChI=1S/C37H65O13P/c1-3-5-7-9-11-12-13-14-15-16-17-18-20-22-24-26-31(39)49-29(27-47-30(38)25-23-21-19-10-8-6-4-2)28-48-51(45,46)50-37-35(43)33(41)32(40)34(42)36(37)44/h11-12,14-15,17-18,29,32-37,40-44H,3-10,13,16,19-28H2,1-2H3,(H,45,46)/b12-11+,15-14+,18-17+/t29-,32?,33-,34?,35?,36?,37?/m1/s1. The Kier molecular flexibility index (Phi) is 26.4. The Morgan fingerprint density at radius 1 is 0.608 bits per heavy atom. The number of aliphatic hydroxyl groups excluding tert-OH is 5. The first kappa shape index (κ1) is 47.1. The van der Waals surface area contributed by atoms with E-state index in [9.17, 15) is 44.6 Å². The maximum atomic E-state index is 12.7. The highest BCUT2D eigenvalue weighted by molar-refractivity contribution is 7.47. The second-order valence-corrected chi connectivity index (χ2v) is 14.5. The third-order valence-corrected chi connectivity index (χ3v) is 9.47. The first-order valence-electron chi connectivity index (χ1n) is 18.8. The van der Waals surface area contributed by atoms with E-state index >= 15 is 0 Å². The van der Waals surface area contributed by atoms with Crippen LogP contribution in [0.1, 0.15) is 129 Å². The van der Waals surface area contributed by atoms with Gasteiger partial charge < -0.3 is 39.9 Å². The number of hydrogen-bond donors (Lipinski definition) is 6. The maximum absolute atomic E-state index is 12.7. The Labute approximate surface area is 304 Å². The highest BCUT2D eigenvalue weighted by Gasteiger charge is 2.51. The van der Waals surface area contributed by atoms with Crippen LogP contribution in [0.5, 0.6) is 0 Å². The minimum Gasteiger partial charge on any atom is -0.462 e. The van der Waals surface area contributed by atoms with Crippen molar-refractivity contribution in [3.05, 3.63) is 36.5 Å². The Hall–Kier alpha value is -1.93. The largest absolute Gasteiger partial charge is 0.472 e. The van der Waals surface area contributed by atoms with Gasteiger partial charge in [0.15, 0.2) is 6.10 Å². The molecular formula is C37H65O13P. The van der Waals surface area contributed by atoms with Crippen LogP contribution < -0.4 is 0 Å². The Morgan fingerprint density at radius 3 is 1.65 bits per heavy atom. The number of allylic oxidation sites excluding steroid dienone is 6. The van der Waals surface area contributed by atoms with Crippen molar-refractivity contribution in [1.29, 1.82) is 0 Å². The minimum atomic E-state index is -5.11. The van der Waals surface area contributed by atoms with Crippen LogP contribution in [-0.2, 0) is 32.7 Å². The van der Waals surface area contributed by atoms with Crippen molar-refractivity contribution < 1.29 is 63.1 Å². The molecule has 0 spiro atoms. The number of hydrogen-bond acceptors (Lipinski definition) is 12. The zero-order chi connectivity index (χ0) is 37.9. The smallest absolute Gasteiger partial charge is 0.462 e. The molecule has 1 fully saturated rings. The zero-order valence-corrected chi connectivity index (χ0v) is 31.5. The molecule has 0 saturated heterocycles. The van der Waals surface area contributed by atoms with Crippen LogP contribution in [0, 0.1) is 0 Å². The van der Waals surface area contributed by atoms with Crippen molar-refractivity contribution in [2.24, 2.45) is 0 Å². The van der Waals surface area contributed by atoms with Gasteiger partial charge in [-0.2, -0.15) is 0 Å². The lowest BCUT2D eigenvalue weighted by atomic mass is 9.85. The minimum absolute atomic E-state index is 0.0483. The van der Waals surface area contributed by atoms with Gasteiger partial charge >= 0.3 is 19.8 Å². The van der Waals surface area contributed by atoms with Crippen LogP contribution in [0.4, 0.5) is 0 Å². The molecule has 0 heterocycles. The van der Waals surface area contributed by atoms with E-state index in [1.807, 2.05) is 0 Å². The number of rotatable bonds is 29. The third kappa shape index (κ3) is 22.0. The Balaban J connectivity index is 2.58. The lowest BCUT2D eigenvalue weighted by Crippen LogP contribution is -2.64. The summed E-state index contributed by atoms with van der Waals surface area (Å²) in [4.78, 5) is 35.2.